The summed E-state index contributed by atoms with van der Waals surface area (Å²) in [5.41, 5.74) is 0. The zero-order valence-corrected chi connectivity index (χ0v) is 5.16. The fourth-order valence-corrected chi connectivity index (χ4v) is 0.226. The summed E-state index contributed by atoms with van der Waals surface area (Å²) < 4.78 is 8.28. The number of hydrogen-bond acceptors (Lipinski definition) is 4. The predicted octanol–water partition coefficient (Wildman–Crippen LogP) is 0.684. The van der Waals surface area contributed by atoms with Crippen LogP contribution in [-0.2, 0) is 14.3 Å². The average Bonchev–Trinajstić information content (AvgIpc) is 1.88. The second-order valence-electron chi connectivity index (χ2n) is 1.19. The van der Waals surface area contributed by atoms with Gasteiger partial charge in [0.25, 0.3) is 12.2 Å². The van der Waals surface area contributed by atoms with Crippen molar-refractivity contribution in [2.24, 2.45) is 0 Å². The first-order chi connectivity index (χ1) is 4.70. The maximum absolute atomic E-state index is 10.3. The summed E-state index contributed by atoms with van der Waals surface area (Å²) >= 11 is 0. The third-order valence-electron chi connectivity index (χ3n) is 0.541. The Morgan fingerprint density at radius 2 is 2.30 bits per heavy atom. The molecule has 10 heavy (non-hydrogen) atoms. The summed E-state index contributed by atoms with van der Waals surface area (Å²) in [7, 11) is 0. The molecule has 0 aromatic rings. The first-order valence-electron chi connectivity index (χ1n) is 2.29. The van der Waals surface area contributed by atoms with E-state index in [1.165, 1.54) is 6.26 Å². The van der Waals surface area contributed by atoms with Crippen LogP contribution in [-0.4, -0.2) is 5.97 Å². The molecule has 0 bridgehead atoms. The molecule has 52 valence electrons. The highest BCUT2D eigenvalue weighted by molar-refractivity contribution is 5.81. The largest absolute Gasteiger partial charge is 0.389 e. The standard InChI is InChI=1S/C6H5NO3/c1-3-6(8)10-5(2)9-4-7/h3H,1-2H2. The van der Waals surface area contributed by atoms with Crippen molar-refractivity contribution in [1.82, 2.24) is 0 Å². The number of carbonyl (C=O) groups is 1. The highest BCUT2D eigenvalue weighted by Crippen LogP contribution is 1.94. The first kappa shape index (κ1) is 8.24. The van der Waals surface area contributed by atoms with Gasteiger partial charge in [0.15, 0.2) is 0 Å². The molecule has 0 rings (SSSR count). The molecule has 0 N–H and O–H groups in total. The SMILES string of the molecule is C=CC(=O)OC(=C)OC#N. The van der Waals surface area contributed by atoms with Crippen LogP contribution in [0.15, 0.2) is 25.2 Å². The topological polar surface area (TPSA) is 59.3 Å². The van der Waals surface area contributed by atoms with E-state index in [1.54, 1.807) is 0 Å². The lowest BCUT2D eigenvalue weighted by molar-refractivity contribution is -0.137. The molecule has 0 aliphatic rings. The van der Waals surface area contributed by atoms with Crippen LogP contribution in [0.4, 0.5) is 0 Å². The Labute approximate surface area is 58.0 Å². The molecule has 0 unspecified atom stereocenters. The van der Waals surface area contributed by atoms with Crippen LogP contribution in [0.2, 0.25) is 0 Å². The Morgan fingerprint density at radius 1 is 1.70 bits per heavy atom. The molecule has 0 atom stereocenters. The minimum absolute atomic E-state index is 0.354. The van der Waals surface area contributed by atoms with E-state index in [4.69, 9.17) is 5.26 Å². The number of rotatable bonds is 3. The number of nitriles is 1. The van der Waals surface area contributed by atoms with Gasteiger partial charge >= 0.3 is 5.97 Å². The molecule has 0 fully saturated rings. The van der Waals surface area contributed by atoms with Gasteiger partial charge in [0, 0.05) is 6.08 Å². The van der Waals surface area contributed by atoms with Gasteiger partial charge in [-0.3, -0.25) is 0 Å². The first-order valence-corrected chi connectivity index (χ1v) is 2.29. The van der Waals surface area contributed by atoms with Crippen LogP contribution < -0.4 is 0 Å². The second-order valence-corrected chi connectivity index (χ2v) is 1.19. The van der Waals surface area contributed by atoms with Crippen LogP contribution in [0.1, 0.15) is 0 Å². The van der Waals surface area contributed by atoms with Crippen LogP contribution >= 0.6 is 0 Å². The van der Waals surface area contributed by atoms with Gasteiger partial charge < -0.3 is 9.47 Å². The zero-order valence-electron chi connectivity index (χ0n) is 5.16. The minimum atomic E-state index is -0.708. The number of nitrogens with zero attached hydrogens (tertiary/aromatic N) is 1. The predicted molar refractivity (Wildman–Crippen MR) is 32.1 cm³/mol. The fourth-order valence-electron chi connectivity index (χ4n) is 0.226. The van der Waals surface area contributed by atoms with E-state index in [0.29, 0.717) is 0 Å². The maximum atomic E-state index is 10.3. The third-order valence-corrected chi connectivity index (χ3v) is 0.541. The summed E-state index contributed by atoms with van der Waals surface area (Å²) in [4.78, 5) is 10.3. The molecule has 0 spiro atoms. The normalized spacial score (nSPS) is 7.10. The van der Waals surface area contributed by atoms with Gasteiger partial charge in [0.1, 0.15) is 0 Å². The average molecular weight is 139 g/mol. The van der Waals surface area contributed by atoms with Crippen molar-refractivity contribution >= 4 is 5.97 Å². The van der Waals surface area contributed by atoms with Gasteiger partial charge in [-0.2, -0.15) is 0 Å². The van der Waals surface area contributed by atoms with Crippen molar-refractivity contribution in [3.63, 3.8) is 0 Å². The molecule has 0 aromatic carbocycles. The second kappa shape index (κ2) is 4.15. The van der Waals surface area contributed by atoms with E-state index in [2.05, 4.69) is 22.6 Å². The fraction of sp³-hybridized carbons (Fsp3) is 0. The highest BCUT2D eigenvalue weighted by atomic mass is 16.7. The molecule has 0 saturated heterocycles. The smallest absolute Gasteiger partial charge is 0.337 e. The molecular formula is C6H5NO3. The number of ether oxygens (including phenoxy) is 2. The van der Waals surface area contributed by atoms with E-state index in [-0.39, 0.29) is 5.95 Å². The van der Waals surface area contributed by atoms with E-state index in [1.807, 2.05) is 0 Å². The lowest BCUT2D eigenvalue weighted by Crippen LogP contribution is -1.99. The molecule has 0 radical (unpaired) electrons. The Bertz CT molecular complexity index is 202. The van der Waals surface area contributed by atoms with Gasteiger partial charge in [-0.15, -0.1) is 5.26 Å². The van der Waals surface area contributed by atoms with Gasteiger partial charge in [-0.05, 0) is 6.58 Å². The molecule has 4 heteroatoms. The summed E-state index contributed by atoms with van der Waals surface area (Å²) in [5.74, 6) is -1.06. The Hall–Kier alpha value is -1.76. The lowest BCUT2D eigenvalue weighted by atomic mass is 10.7. The third kappa shape index (κ3) is 3.27. The summed E-state index contributed by atoms with van der Waals surface area (Å²) in [6.45, 7) is 6.22. The molecule has 0 aliphatic carbocycles. The Morgan fingerprint density at radius 3 is 2.70 bits per heavy atom. The molecule has 4 nitrogen and oxygen atoms in total. The van der Waals surface area contributed by atoms with Crippen LogP contribution in [0.5, 0.6) is 0 Å². The van der Waals surface area contributed by atoms with Crippen molar-refractivity contribution < 1.29 is 14.3 Å². The molecule has 0 saturated carbocycles. The molecule has 0 aromatic heterocycles. The molecular weight excluding hydrogens is 134 g/mol. The Kier molecular flexibility index (Phi) is 3.42. The molecule has 0 amide bonds. The summed E-state index contributed by atoms with van der Waals surface area (Å²) in [5, 5.41) is 7.87. The monoisotopic (exact) mass is 139 g/mol. The molecule has 0 heterocycles. The summed E-state index contributed by atoms with van der Waals surface area (Å²) in [6.07, 6.45) is 2.22. The van der Waals surface area contributed by atoms with E-state index in [9.17, 15) is 4.79 Å². The summed E-state index contributed by atoms with van der Waals surface area (Å²) in [6, 6.07) is 0. The number of esters is 1. The number of hydrogen-bond donors (Lipinski definition) is 0. The van der Waals surface area contributed by atoms with Gasteiger partial charge in [0.05, 0.1) is 0 Å². The van der Waals surface area contributed by atoms with Crippen molar-refractivity contribution in [1.29, 1.82) is 5.26 Å². The quantitative estimate of drug-likeness (QED) is 0.250. The van der Waals surface area contributed by atoms with Crippen molar-refractivity contribution in [3.05, 3.63) is 25.2 Å². The van der Waals surface area contributed by atoms with Gasteiger partial charge in [-0.1, -0.05) is 6.58 Å². The Balaban J connectivity index is 3.71. The van der Waals surface area contributed by atoms with E-state index < -0.39 is 5.97 Å². The highest BCUT2D eigenvalue weighted by Gasteiger charge is 1.99. The maximum Gasteiger partial charge on any atom is 0.337 e. The van der Waals surface area contributed by atoms with Crippen LogP contribution in [0.25, 0.3) is 0 Å². The lowest BCUT2D eigenvalue weighted by Gasteiger charge is -1.97. The number of carbonyl (C=O) groups excluding carboxylic acids is 1. The zero-order chi connectivity index (χ0) is 7.98. The van der Waals surface area contributed by atoms with Crippen LogP contribution in [0.3, 0.4) is 0 Å². The van der Waals surface area contributed by atoms with Gasteiger partial charge in [0.2, 0.25) is 0 Å². The minimum Gasteiger partial charge on any atom is -0.389 e. The van der Waals surface area contributed by atoms with Crippen molar-refractivity contribution in [2.45, 2.75) is 0 Å². The van der Waals surface area contributed by atoms with Crippen molar-refractivity contribution in [2.75, 3.05) is 0 Å². The van der Waals surface area contributed by atoms with E-state index >= 15 is 0 Å². The molecule has 0 aliphatic heterocycles. The van der Waals surface area contributed by atoms with Crippen molar-refractivity contribution in [3.8, 4) is 6.26 Å². The van der Waals surface area contributed by atoms with Crippen LogP contribution in [0, 0.1) is 11.5 Å². The van der Waals surface area contributed by atoms with Gasteiger partial charge in [-0.25, -0.2) is 4.79 Å². The van der Waals surface area contributed by atoms with E-state index in [0.717, 1.165) is 6.08 Å².